The third-order valence-electron chi connectivity index (χ3n) is 4.84. The normalized spacial score (nSPS) is 22.8. The largest absolute Gasteiger partial charge is 0.468 e. The summed E-state index contributed by atoms with van der Waals surface area (Å²) < 4.78 is 5.02. The van der Waals surface area contributed by atoms with E-state index in [2.05, 4.69) is 0 Å². The van der Waals surface area contributed by atoms with Crippen LogP contribution in [0.15, 0.2) is 60.7 Å². The number of carbonyl (C=O) groups excluding carboxylic acids is 2. The Morgan fingerprint density at radius 1 is 1.12 bits per heavy atom. The Labute approximate surface area is 147 Å². The van der Waals surface area contributed by atoms with E-state index in [0.717, 1.165) is 16.7 Å². The first-order valence-electron chi connectivity index (χ1n) is 8.18. The van der Waals surface area contributed by atoms with Crippen LogP contribution in [0.3, 0.4) is 0 Å². The molecular formula is C21H21NO3. The summed E-state index contributed by atoms with van der Waals surface area (Å²) in [6.45, 7) is 1.98. The van der Waals surface area contributed by atoms with Gasteiger partial charge in [-0.25, -0.2) is 0 Å². The van der Waals surface area contributed by atoms with Crippen LogP contribution < -0.4 is 0 Å². The Hall–Kier alpha value is -2.88. The van der Waals surface area contributed by atoms with E-state index in [0.29, 0.717) is 0 Å². The van der Waals surface area contributed by atoms with Gasteiger partial charge in [0.1, 0.15) is 0 Å². The van der Waals surface area contributed by atoms with Crippen molar-refractivity contribution in [2.75, 3.05) is 14.2 Å². The van der Waals surface area contributed by atoms with Crippen LogP contribution in [0.1, 0.15) is 22.7 Å². The zero-order valence-electron chi connectivity index (χ0n) is 14.6. The molecule has 0 unspecified atom stereocenters. The topological polar surface area (TPSA) is 46.6 Å². The molecule has 128 valence electrons. The number of benzene rings is 2. The highest BCUT2D eigenvalue weighted by Crippen LogP contribution is 2.52. The monoisotopic (exact) mass is 335 g/mol. The van der Waals surface area contributed by atoms with E-state index < -0.39 is 11.4 Å². The Balaban J connectivity index is 2.10. The molecule has 0 aliphatic carbocycles. The first kappa shape index (κ1) is 17.0. The molecule has 0 bridgehead atoms. The fourth-order valence-corrected chi connectivity index (χ4v) is 3.50. The molecule has 1 fully saturated rings. The molecule has 0 spiro atoms. The van der Waals surface area contributed by atoms with Crippen molar-refractivity contribution in [3.05, 3.63) is 77.4 Å². The molecule has 0 aromatic heterocycles. The molecule has 0 saturated carbocycles. The first-order valence-corrected chi connectivity index (χ1v) is 8.18. The van der Waals surface area contributed by atoms with Crippen molar-refractivity contribution in [3.8, 4) is 0 Å². The maximum atomic E-state index is 12.8. The van der Waals surface area contributed by atoms with Crippen molar-refractivity contribution >= 4 is 18.0 Å². The van der Waals surface area contributed by atoms with Crippen molar-refractivity contribution in [1.82, 2.24) is 4.90 Å². The molecule has 25 heavy (non-hydrogen) atoms. The lowest BCUT2D eigenvalue weighted by atomic mass is 9.66. The average molecular weight is 335 g/mol. The molecule has 2 aromatic rings. The maximum absolute atomic E-state index is 12.8. The Kier molecular flexibility index (Phi) is 4.45. The maximum Gasteiger partial charge on any atom is 0.327 e. The number of carbonyl (C=O) groups is 2. The van der Waals surface area contributed by atoms with Gasteiger partial charge in [-0.2, -0.15) is 0 Å². The number of likely N-dealkylation sites (tertiary alicyclic amines) is 1. The van der Waals surface area contributed by atoms with Crippen LogP contribution in [0.25, 0.3) is 6.08 Å². The summed E-state index contributed by atoms with van der Waals surface area (Å²) in [5.41, 5.74) is 1.59. The van der Waals surface area contributed by atoms with E-state index in [1.165, 1.54) is 7.11 Å². The minimum absolute atomic E-state index is 0.250. The molecule has 3 rings (SSSR count). The molecule has 1 heterocycles. The van der Waals surface area contributed by atoms with Crippen molar-refractivity contribution in [1.29, 1.82) is 0 Å². The first-order chi connectivity index (χ1) is 12.0. The molecule has 2 atom stereocenters. The van der Waals surface area contributed by atoms with Gasteiger partial charge < -0.3 is 9.64 Å². The second-order valence-electron chi connectivity index (χ2n) is 6.28. The van der Waals surface area contributed by atoms with Gasteiger partial charge >= 0.3 is 5.97 Å². The number of ether oxygens (including phenoxy) is 1. The highest BCUT2D eigenvalue weighted by Gasteiger charge is 2.64. The van der Waals surface area contributed by atoms with Crippen LogP contribution in [0.2, 0.25) is 0 Å². The Morgan fingerprint density at radius 2 is 1.76 bits per heavy atom. The molecule has 1 saturated heterocycles. The zero-order chi connectivity index (χ0) is 18.0. The van der Waals surface area contributed by atoms with Crippen LogP contribution in [-0.2, 0) is 14.3 Å². The van der Waals surface area contributed by atoms with E-state index in [1.807, 2.05) is 67.6 Å². The molecule has 2 aromatic carbocycles. The lowest BCUT2D eigenvalue weighted by Crippen LogP contribution is -2.64. The van der Waals surface area contributed by atoms with Crippen LogP contribution in [0.4, 0.5) is 0 Å². The molecule has 0 radical (unpaired) electrons. The standard InChI is InChI=1S/C21H21NO3/c1-15-9-7-8-12-17(15)18-21(20(24)25-3,19(23)22(18)2)14-13-16-10-5-4-6-11-16/h4-14,18H,1-3H3/b14-13+/t18-,21+/m1/s1. The summed E-state index contributed by atoms with van der Waals surface area (Å²) in [7, 11) is 3.04. The average Bonchev–Trinajstić information content (AvgIpc) is 2.65. The molecule has 1 amide bonds. The fraction of sp³-hybridized carbons (Fsp3) is 0.238. The van der Waals surface area contributed by atoms with Crippen LogP contribution in [0.5, 0.6) is 0 Å². The number of rotatable bonds is 4. The summed E-state index contributed by atoms with van der Waals surface area (Å²) in [5.74, 6) is -0.782. The van der Waals surface area contributed by atoms with Crippen LogP contribution >= 0.6 is 0 Å². The van der Waals surface area contributed by atoms with E-state index in [4.69, 9.17) is 4.74 Å². The summed E-state index contributed by atoms with van der Waals surface area (Å²) in [6.07, 6.45) is 3.50. The predicted octanol–water partition coefficient (Wildman–Crippen LogP) is 3.38. The zero-order valence-corrected chi connectivity index (χ0v) is 14.6. The second-order valence-corrected chi connectivity index (χ2v) is 6.28. The number of β-lactam (4-membered cyclic amide) rings is 1. The molecular weight excluding hydrogens is 314 g/mol. The summed E-state index contributed by atoms with van der Waals surface area (Å²) in [6, 6.07) is 17.0. The number of nitrogens with zero attached hydrogens (tertiary/aromatic N) is 1. The van der Waals surface area contributed by atoms with Gasteiger partial charge in [0.2, 0.25) is 5.91 Å². The quantitative estimate of drug-likeness (QED) is 0.489. The number of aryl methyl sites for hydroxylation is 1. The third-order valence-corrected chi connectivity index (χ3v) is 4.84. The van der Waals surface area contributed by atoms with Gasteiger partial charge in [0.05, 0.1) is 13.2 Å². The summed E-state index contributed by atoms with van der Waals surface area (Å²) in [4.78, 5) is 27.0. The molecule has 1 aliphatic heterocycles. The summed E-state index contributed by atoms with van der Waals surface area (Å²) in [5, 5.41) is 0. The van der Waals surface area contributed by atoms with Crippen LogP contribution in [0, 0.1) is 12.3 Å². The second kappa shape index (κ2) is 6.55. The Morgan fingerprint density at radius 3 is 2.40 bits per heavy atom. The number of esters is 1. The number of hydrogen-bond acceptors (Lipinski definition) is 3. The van der Waals surface area contributed by atoms with Crippen molar-refractivity contribution < 1.29 is 14.3 Å². The van der Waals surface area contributed by atoms with Gasteiger partial charge in [0.15, 0.2) is 5.41 Å². The van der Waals surface area contributed by atoms with Gasteiger partial charge in [-0.05, 0) is 23.6 Å². The molecule has 4 nitrogen and oxygen atoms in total. The van der Waals surface area contributed by atoms with Crippen molar-refractivity contribution in [2.24, 2.45) is 5.41 Å². The van der Waals surface area contributed by atoms with Gasteiger partial charge in [0.25, 0.3) is 0 Å². The SMILES string of the molecule is COC(=O)[C@]1(/C=C/c2ccccc2)C(=O)N(C)[C@@H]1c1ccccc1C. The van der Waals surface area contributed by atoms with Gasteiger partial charge in [-0.1, -0.05) is 66.7 Å². The number of amides is 1. The lowest BCUT2D eigenvalue weighted by Gasteiger charge is -2.51. The van der Waals surface area contributed by atoms with Gasteiger partial charge in [0, 0.05) is 7.05 Å². The molecule has 0 N–H and O–H groups in total. The lowest BCUT2D eigenvalue weighted by molar-refractivity contribution is -0.180. The van der Waals surface area contributed by atoms with Crippen molar-refractivity contribution in [3.63, 3.8) is 0 Å². The highest BCUT2D eigenvalue weighted by atomic mass is 16.5. The van der Waals surface area contributed by atoms with E-state index in [1.54, 1.807) is 18.0 Å². The number of hydrogen-bond donors (Lipinski definition) is 0. The van der Waals surface area contributed by atoms with Gasteiger partial charge in [-0.15, -0.1) is 0 Å². The predicted molar refractivity (Wildman–Crippen MR) is 96.6 cm³/mol. The number of methoxy groups -OCH3 is 1. The minimum Gasteiger partial charge on any atom is -0.468 e. The smallest absolute Gasteiger partial charge is 0.327 e. The molecule has 1 aliphatic rings. The summed E-state index contributed by atoms with van der Waals surface area (Å²) >= 11 is 0. The third kappa shape index (κ3) is 2.64. The fourth-order valence-electron chi connectivity index (χ4n) is 3.50. The van der Waals surface area contributed by atoms with E-state index in [-0.39, 0.29) is 11.9 Å². The highest BCUT2D eigenvalue weighted by molar-refractivity contribution is 6.11. The Bertz CT molecular complexity index is 818. The van der Waals surface area contributed by atoms with Crippen molar-refractivity contribution in [2.45, 2.75) is 13.0 Å². The molecule has 4 heteroatoms. The van der Waals surface area contributed by atoms with E-state index in [9.17, 15) is 9.59 Å². The van der Waals surface area contributed by atoms with E-state index >= 15 is 0 Å². The van der Waals surface area contributed by atoms with Crippen LogP contribution in [-0.4, -0.2) is 30.9 Å². The minimum atomic E-state index is -1.33. The van der Waals surface area contributed by atoms with Gasteiger partial charge in [-0.3, -0.25) is 9.59 Å².